The molecule has 0 saturated heterocycles. The van der Waals surface area contributed by atoms with Crippen LogP contribution in [-0.2, 0) is 0 Å². The molecule has 0 aromatic heterocycles. The van der Waals surface area contributed by atoms with Crippen molar-refractivity contribution < 1.29 is 14.3 Å². The Labute approximate surface area is 172 Å². The molecular formula is C22H30N4O3. The van der Waals surface area contributed by atoms with Gasteiger partial charge in [-0.2, -0.15) is 0 Å². The maximum atomic E-state index is 12.0. The van der Waals surface area contributed by atoms with E-state index in [-0.39, 0.29) is 12.0 Å². The highest BCUT2D eigenvalue weighted by Crippen LogP contribution is 2.19. The summed E-state index contributed by atoms with van der Waals surface area (Å²) in [6.45, 7) is 3.87. The molecular weight excluding hydrogens is 368 g/mol. The summed E-state index contributed by atoms with van der Waals surface area (Å²) in [7, 11) is 3.35. The summed E-state index contributed by atoms with van der Waals surface area (Å²) < 4.78 is 11.1. The van der Waals surface area contributed by atoms with Gasteiger partial charge in [0, 0.05) is 31.8 Å². The van der Waals surface area contributed by atoms with Gasteiger partial charge in [-0.25, -0.2) is 0 Å². The minimum atomic E-state index is -0.0587. The van der Waals surface area contributed by atoms with Crippen molar-refractivity contribution in [3.63, 3.8) is 0 Å². The van der Waals surface area contributed by atoms with Crippen molar-refractivity contribution in [3.8, 4) is 11.5 Å². The third kappa shape index (κ3) is 8.13. The molecule has 0 spiro atoms. The number of carbonyl (C=O) groups is 1. The normalized spacial score (nSPS) is 12.0. The SMILES string of the molecule is CN=C(NCCCNC(=O)c1ccccc1)NCC(C)Oc1cccc(OC)c1. The second kappa shape index (κ2) is 12.3. The predicted octanol–water partition coefficient (Wildman–Crippen LogP) is 2.45. The largest absolute Gasteiger partial charge is 0.497 e. The molecule has 1 unspecified atom stereocenters. The fraction of sp³-hybridized carbons (Fsp3) is 0.364. The first-order valence-corrected chi connectivity index (χ1v) is 9.71. The molecule has 0 heterocycles. The summed E-state index contributed by atoms with van der Waals surface area (Å²) in [6.07, 6.45) is 0.737. The molecule has 1 amide bonds. The molecule has 2 aromatic rings. The number of guanidine groups is 1. The van der Waals surface area contributed by atoms with Crippen molar-refractivity contribution in [2.24, 2.45) is 4.99 Å². The smallest absolute Gasteiger partial charge is 0.251 e. The number of nitrogens with zero attached hydrogens (tertiary/aromatic N) is 1. The molecule has 0 saturated carbocycles. The molecule has 29 heavy (non-hydrogen) atoms. The van der Waals surface area contributed by atoms with E-state index < -0.39 is 0 Å². The van der Waals surface area contributed by atoms with Crippen LogP contribution in [-0.4, -0.2) is 51.8 Å². The van der Waals surface area contributed by atoms with Gasteiger partial charge < -0.3 is 25.4 Å². The number of aliphatic imine (C=N–C) groups is 1. The van der Waals surface area contributed by atoms with Crippen LogP contribution in [0.4, 0.5) is 0 Å². The van der Waals surface area contributed by atoms with Gasteiger partial charge in [0.2, 0.25) is 0 Å². The Morgan fingerprint density at radius 2 is 1.72 bits per heavy atom. The Hall–Kier alpha value is -3.22. The number of nitrogens with one attached hydrogen (secondary N) is 3. The topological polar surface area (TPSA) is 84.0 Å². The van der Waals surface area contributed by atoms with Gasteiger partial charge in [-0.3, -0.25) is 9.79 Å². The van der Waals surface area contributed by atoms with Crippen molar-refractivity contribution in [2.75, 3.05) is 33.8 Å². The fourth-order valence-corrected chi connectivity index (χ4v) is 2.60. The molecule has 0 aliphatic heterocycles. The molecule has 0 aliphatic carbocycles. The molecule has 156 valence electrons. The molecule has 0 bridgehead atoms. The number of methoxy groups -OCH3 is 1. The average Bonchev–Trinajstić information content (AvgIpc) is 2.76. The van der Waals surface area contributed by atoms with E-state index >= 15 is 0 Å². The van der Waals surface area contributed by atoms with Gasteiger partial charge >= 0.3 is 0 Å². The van der Waals surface area contributed by atoms with E-state index in [9.17, 15) is 4.79 Å². The number of hydrogen-bond donors (Lipinski definition) is 3. The quantitative estimate of drug-likeness (QED) is 0.325. The van der Waals surface area contributed by atoms with Crippen LogP contribution in [0.5, 0.6) is 11.5 Å². The third-order valence-corrected chi connectivity index (χ3v) is 4.13. The van der Waals surface area contributed by atoms with Crippen LogP contribution < -0.4 is 25.4 Å². The number of ether oxygens (including phenoxy) is 2. The monoisotopic (exact) mass is 398 g/mol. The standard InChI is InChI=1S/C22H30N4O3/c1-17(29-20-12-7-11-19(15-20)28-3)16-26-22(23-2)25-14-8-13-24-21(27)18-9-5-4-6-10-18/h4-7,9-12,15,17H,8,13-14,16H2,1-3H3,(H,24,27)(H2,23,25,26). The van der Waals surface area contributed by atoms with Gasteiger partial charge in [-0.15, -0.1) is 0 Å². The van der Waals surface area contributed by atoms with Gasteiger partial charge in [0.15, 0.2) is 5.96 Å². The molecule has 0 aliphatic rings. The lowest BCUT2D eigenvalue weighted by Crippen LogP contribution is -2.42. The maximum Gasteiger partial charge on any atom is 0.251 e. The van der Waals surface area contributed by atoms with Gasteiger partial charge in [0.1, 0.15) is 17.6 Å². The summed E-state index contributed by atoms with van der Waals surface area (Å²) in [6, 6.07) is 16.7. The Balaban J connectivity index is 1.62. The highest BCUT2D eigenvalue weighted by atomic mass is 16.5. The van der Waals surface area contributed by atoms with Crippen LogP contribution in [0, 0.1) is 0 Å². The average molecular weight is 399 g/mol. The van der Waals surface area contributed by atoms with Crippen molar-refractivity contribution in [2.45, 2.75) is 19.4 Å². The molecule has 0 fully saturated rings. The number of benzene rings is 2. The number of carbonyl (C=O) groups excluding carboxylic acids is 1. The van der Waals surface area contributed by atoms with Gasteiger partial charge in [-0.1, -0.05) is 24.3 Å². The molecule has 1 atom stereocenters. The number of amides is 1. The summed E-state index contributed by atoms with van der Waals surface area (Å²) in [5.74, 6) is 2.16. The van der Waals surface area contributed by atoms with Crippen molar-refractivity contribution >= 4 is 11.9 Å². The van der Waals surface area contributed by atoms with Crippen LogP contribution in [0.3, 0.4) is 0 Å². The molecule has 0 radical (unpaired) electrons. The zero-order chi connectivity index (χ0) is 20.9. The van der Waals surface area contributed by atoms with E-state index in [4.69, 9.17) is 9.47 Å². The fourth-order valence-electron chi connectivity index (χ4n) is 2.60. The highest BCUT2D eigenvalue weighted by Gasteiger charge is 2.07. The summed E-state index contributed by atoms with van der Waals surface area (Å²) in [4.78, 5) is 16.2. The Morgan fingerprint density at radius 1 is 1.00 bits per heavy atom. The lowest BCUT2D eigenvalue weighted by molar-refractivity contribution is 0.0953. The van der Waals surface area contributed by atoms with E-state index in [1.165, 1.54) is 0 Å². The number of rotatable bonds is 10. The Kier molecular flexibility index (Phi) is 9.35. The van der Waals surface area contributed by atoms with Crippen molar-refractivity contribution in [3.05, 3.63) is 60.2 Å². The van der Waals surface area contributed by atoms with Crippen LogP contribution in [0.15, 0.2) is 59.6 Å². The molecule has 2 aromatic carbocycles. The van der Waals surface area contributed by atoms with Gasteiger partial charge in [0.05, 0.1) is 13.7 Å². The predicted molar refractivity (Wildman–Crippen MR) is 116 cm³/mol. The summed E-state index contributed by atoms with van der Waals surface area (Å²) >= 11 is 0. The van der Waals surface area contributed by atoms with E-state index in [2.05, 4.69) is 20.9 Å². The number of hydrogen-bond acceptors (Lipinski definition) is 4. The molecule has 7 heteroatoms. The zero-order valence-electron chi connectivity index (χ0n) is 17.3. The first kappa shape index (κ1) is 22.1. The van der Waals surface area contributed by atoms with Gasteiger partial charge in [-0.05, 0) is 37.6 Å². The van der Waals surface area contributed by atoms with Gasteiger partial charge in [0.25, 0.3) is 5.91 Å². The van der Waals surface area contributed by atoms with E-state index in [1.807, 2.05) is 49.4 Å². The first-order chi connectivity index (χ1) is 14.1. The third-order valence-electron chi connectivity index (χ3n) is 4.13. The minimum Gasteiger partial charge on any atom is -0.497 e. The second-order valence-corrected chi connectivity index (χ2v) is 6.46. The molecule has 7 nitrogen and oxygen atoms in total. The maximum absolute atomic E-state index is 12.0. The summed E-state index contributed by atoms with van der Waals surface area (Å²) in [5, 5.41) is 9.38. The molecule has 3 N–H and O–H groups in total. The van der Waals surface area contributed by atoms with Crippen molar-refractivity contribution in [1.82, 2.24) is 16.0 Å². The summed E-state index contributed by atoms with van der Waals surface area (Å²) in [5.41, 5.74) is 0.669. The van der Waals surface area contributed by atoms with Crippen molar-refractivity contribution in [1.29, 1.82) is 0 Å². The Morgan fingerprint density at radius 3 is 2.45 bits per heavy atom. The lowest BCUT2D eigenvalue weighted by Gasteiger charge is -2.18. The van der Waals surface area contributed by atoms with E-state index in [0.717, 1.165) is 17.9 Å². The lowest BCUT2D eigenvalue weighted by atomic mass is 10.2. The molecule has 2 rings (SSSR count). The van der Waals surface area contributed by atoms with Crippen LogP contribution in [0.1, 0.15) is 23.7 Å². The zero-order valence-corrected chi connectivity index (χ0v) is 17.3. The van der Waals surface area contributed by atoms with E-state index in [0.29, 0.717) is 31.2 Å². The second-order valence-electron chi connectivity index (χ2n) is 6.46. The van der Waals surface area contributed by atoms with Crippen LogP contribution in [0.25, 0.3) is 0 Å². The highest BCUT2D eigenvalue weighted by molar-refractivity contribution is 5.94. The van der Waals surface area contributed by atoms with Crippen LogP contribution in [0.2, 0.25) is 0 Å². The Bertz CT molecular complexity index is 781. The van der Waals surface area contributed by atoms with E-state index in [1.54, 1.807) is 26.3 Å². The van der Waals surface area contributed by atoms with Crippen LogP contribution >= 0.6 is 0 Å². The minimum absolute atomic E-state index is 0.0502. The first-order valence-electron chi connectivity index (χ1n) is 9.71.